The summed E-state index contributed by atoms with van der Waals surface area (Å²) in [7, 11) is 0. The van der Waals surface area contributed by atoms with Crippen molar-refractivity contribution < 1.29 is 14.3 Å². The van der Waals surface area contributed by atoms with Crippen LogP contribution in [0.5, 0.6) is 0 Å². The maximum atomic E-state index is 13.4. The Labute approximate surface area is 223 Å². The van der Waals surface area contributed by atoms with Crippen molar-refractivity contribution >= 4 is 50.3 Å². The van der Waals surface area contributed by atoms with Crippen LogP contribution in [0.4, 0.5) is 0 Å². The van der Waals surface area contributed by atoms with Crippen LogP contribution in [0.1, 0.15) is 59.7 Å². The first kappa shape index (κ1) is 26.6. The maximum Gasteiger partial charge on any atom is 0.262 e. The van der Waals surface area contributed by atoms with Gasteiger partial charge in [-0.15, -0.1) is 0 Å². The molecular weight excluding hydrogens is 542 g/mol. The molecular formula is C27H30BrN3O4S. The minimum absolute atomic E-state index is 0.0378. The summed E-state index contributed by atoms with van der Waals surface area (Å²) in [4.78, 5) is 43.6. The molecule has 1 aliphatic heterocycles. The largest absolute Gasteiger partial charge is 0.376 e. The van der Waals surface area contributed by atoms with Crippen molar-refractivity contribution in [3.63, 3.8) is 0 Å². The molecule has 0 spiro atoms. The predicted molar refractivity (Wildman–Crippen MR) is 146 cm³/mol. The van der Waals surface area contributed by atoms with Gasteiger partial charge in [-0.3, -0.25) is 19.0 Å². The standard InChI is InChI=1S/C27H30BrN3O4S/c1-2-3-4-13-31-26(34)22-12-9-19(25(33)29-16-21-6-5-14-35-21)15-23(22)30-27(31)36-17-24(32)18-7-10-20(28)11-8-18/h7-12,15,21H,2-6,13-14,16-17H2,1H3,(H,29,33)/t21-/m1/s1. The molecule has 1 aliphatic rings. The Hall–Kier alpha value is -2.49. The van der Waals surface area contributed by atoms with E-state index in [0.717, 1.165) is 43.2 Å². The average molecular weight is 573 g/mol. The molecule has 0 radical (unpaired) electrons. The van der Waals surface area contributed by atoms with Gasteiger partial charge < -0.3 is 10.1 Å². The van der Waals surface area contributed by atoms with Crippen molar-refractivity contribution in [1.29, 1.82) is 0 Å². The summed E-state index contributed by atoms with van der Waals surface area (Å²) < 4.78 is 8.14. The summed E-state index contributed by atoms with van der Waals surface area (Å²) in [5.74, 6) is -0.0975. The second-order valence-corrected chi connectivity index (χ2v) is 10.7. The van der Waals surface area contributed by atoms with Crippen molar-refractivity contribution in [3.8, 4) is 0 Å². The summed E-state index contributed by atoms with van der Waals surface area (Å²) >= 11 is 4.64. The lowest BCUT2D eigenvalue weighted by Crippen LogP contribution is -2.31. The number of rotatable bonds is 11. The van der Waals surface area contributed by atoms with Gasteiger partial charge in [0.1, 0.15) is 0 Å². The molecule has 1 saturated heterocycles. The molecule has 1 aromatic heterocycles. The molecule has 0 bridgehead atoms. The van der Waals surface area contributed by atoms with Crippen LogP contribution in [0, 0.1) is 0 Å². The molecule has 1 atom stereocenters. The molecule has 1 fully saturated rings. The van der Waals surface area contributed by atoms with Gasteiger partial charge in [0.2, 0.25) is 0 Å². The van der Waals surface area contributed by atoms with E-state index in [1.807, 2.05) is 12.1 Å². The van der Waals surface area contributed by atoms with Gasteiger partial charge in [-0.25, -0.2) is 4.98 Å². The van der Waals surface area contributed by atoms with E-state index in [1.165, 1.54) is 11.8 Å². The fraction of sp³-hybridized carbons (Fsp3) is 0.407. The molecule has 1 N–H and O–H groups in total. The second kappa shape index (κ2) is 12.7. The molecule has 190 valence electrons. The van der Waals surface area contributed by atoms with E-state index in [9.17, 15) is 14.4 Å². The third kappa shape index (κ3) is 6.63. The lowest BCUT2D eigenvalue weighted by atomic mass is 10.1. The first-order valence-electron chi connectivity index (χ1n) is 12.3. The van der Waals surface area contributed by atoms with Gasteiger partial charge in [-0.1, -0.05) is 59.6 Å². The molecule has 3 aromatic rings. The molecule has 9 heteroatoms. The Balaban J connectivity index is 1.58. The summed E-state index contributed by atoms with van der Waals surface area (Å²) in [6, 6.07) is 12.2. The van der Waals surface area contributed by atoms with Crippen LogP contribution < -0.4 is 10.9 Å². The van der Waals surface area contributed by atoms with E-state index < -0.39 is 0 Å². The first-order valence-corrected chi connectivity index (χ1v) is 14.1. The summed E-state index contributed by atoms with van der Waals surface area (Å²) in [5.41, 5.74) is 1.35. The number of benzene rings is 2. The van der Waals surface area contributed by atoms with Crippen molar-refractivity contribution in [1.82, 2.24) is 14.9 Å². The minimum atomic E-state index is -0.221. The Kier molecular flexibility index (Phi) is 9.34. The van der Waals surface area contributed by atoms with E-state index in [2.05, 4.69) is 28.2 Å². The van der Waals surface area contributed by atoms with E-state index in [-0.39, 0.29) is 29.1 Å². The van der Waals surface area contributed by atoms with Gasteiger partial charge in [0, 0.05) is 35.3 Å². The molecule has 2 heterocycles. The highest BCUT2D eigenvalue weighted by Crippen LogP contribution is 2.22. The van der Waals surface area contributed by atoms with Gasteiger partial charge >= 0.3 is 0 Å². The zero-order valence-corrected chi connectivity index (χ0v) is 22.7. The molecule has 1 amide bonds. The Morgan fingerprint density at radius 3 is 2.67 bits per heavy atom. The average Bonchev–Trinajstić information content (AvgIpc) is 3.41. The molecule has 2 aromatic carbocycles. The third-order valence-corrected chi connectivity index (χ3v) is 7.69. The van der Waals surface area contributed by atoms with Gasteiger partial charge in [0.15, 0.2) is 10.9 Å². The van der Waals surface area contributed by atoms with Crippen LogP contribution in [-0.4, -0.2) is 46.2 Å². The fourth-order valence-electron chi connectivity index (χ4n) is 4.13. The highest BCUT2D eigenvalue weighted by Gasteiger charge is 2.18. The zero-order chi connectivity index (χ0) is 25.5. The molecule has 4 rings (SSSR count). The number of unbranched alkanes of at least 4 members (excludes halogenated alkanes) is 2. The number of hydrogen-bond acceptors (Lipinski definition) is 6. The SMILES string of the molecule is CCCCCn1c(SCC(=O)c2ccc(Br)cc2)nc2cc(C(=O)NC[C@H]3CCCO3)ccc2c1=O. The number of halogens is 1. The highest BCUT2D eigenvalue weighted by molar-refractivity contribution is 9.10. The number of Topliss-reactive ketones (excluding diaryl/α,β-unsaturated/α-hetero) is 1. The molecule has 0 unspecified atom stereocenters. The third-order valence-electron chi connectivity index (χ3n) is 6.18. The van der Waals surface area contributed by atoms with Crippen LogP contribution >= 0.6 is 27.7 Å². The number of ketones is 1. The second-order valence-electron chi connectivity index (χ2n) is 8.85. The van der Waals surface area contributed by atoms with Crippen LogP contribution in [-0.2, 0) is 11.3 Å². The number of hydrogen-bond donors (Lipinski definition) is 1. The highest BCUT2D eigenvalue weighted by atomic mass is 79.9. The monoisotopic (exact) mass is 571 g/mol. The Bertz CT molecular complexity index is 1290. The first-order chi connectivity index (χ1) is 17.5. The molecule has 0 saturated carbocycles. The van der Waals surface area contributed by atoms with E-state index in [0.29, 0.717) is 40.3 Å². The van der Waals surface area contributed by atoms with E-state index >= 15 is 0 Å². The van der Waals surface area contributed by atoms with Crippen molar-refractivity contribution in [2.75, 3.05) is 18.9 Å². The number of amides is 1. The predicted octanol–water partition coefficient (Wildman–Crippen LogP) is 5.23. The van der Waals surface area contributed by atoms with Crippen molar-refractivity contribution in [2.45, 2.75) is 56.8 Å². The zero-order valence-electron chi connectivity index (χ0n) is 20.3. The number of aromatic nitrogens is 2. The number of fused-ring (bicyclic) bond motifs is 1. The number of nitrogens with zero attached hydrogens (tertiary/aromatic N) is 2. The Morgan fingerprint density at radius 1 is 1.17 bits per heavy atom. The summed E-state index contributed by atoms with van der Waals surface area (Å²) in [5, 5.41) is 3.87. The molecule has 7 nitrogen and oxygen atoms in total. The van der Waals surface area contributed by atoms with Crippen molar-refractivity contribution in [3.05, 3.63) is 68.4 Å². The lowest BCUT2D eigenvalue weighted by Gasteiger charge is -2.14. The smallest absolute Gasteiger partial charge is 0.262 e. The topological polar surface area (TPSA) is 90.3 Å². The Morgan fingerprint density at radius 2 is 1.94 bits per heavy atom. The quantitative estimate of drug-likeness (QED) is 0.147. The molecule has 0 aliphatic carbocycles. The van der Waals surface area contributed by atoms with Crippen molar-refractivity contribution in [2.24, 2.45) is 0 Å². The summed E-state index contributed by atoms with van der Waals surface area (Å²) in [6.07, 6.45) is 4.88. The van der Waals surface area contributed by atoms with Gasteiger partial charge in [-0.2, -0.15) is 0 Å². The number of ether oxygens (including phenoxy) is 1. The normalized spacial score (nSPS) is 15.3. The number of thioether (sulfide) groups is 1. The summed E-state index contributed by atoms with van der Waals surface area (Å²) in [6.45, 7) is 3.84. The van der Waals surface area contributed by atoms with E-state index in [4.69, 9.17) is 9.72 Å². The van der Waals surface area contributed by atoms with Gasteiger partial charge in [0.25, 0.3) is 11.5 Å². The van der Waals surface area contributed by atoms with Crippen LogP contribution in [0.25, 0.3) is 10.9 Å². The molecule has 36 heavy (non-hydrogen) atoms. The van der Waals surface area contributed by atoms with Gasteiger partial charge in [0.05, 0.1) is 22.8 Å². The van der Waals surface area contributed by atoms with E-state index in [1.54, 1.807) is 34.9 Å². The number of nitrogens with one attached hydrogen (secondary N) is 1. The fourth-order valence-corrected chi connectivity index (χ4v) is 5.32. The minimum Gasteiger partial charge on any atom is -0.376 e. The number of carbonyl (C=O) groups is 2. The van der Waals surface area contributed by atoms with Gasteiger partial charge in [-0.05, 0) is 49.6 Å². The van der Waals surface area contributed by atoms with Crippen LogP contribution in [0.15, 0.2) is 56.9 Å². The van der Waals surface area contributed by atoms with Crippen LogP contribution in [0.2, 0.25) is 0 Å². The van der Waals surface area contributed by atoms with Crippen LogP contribution in [0.3, 0.4) is 0 Å². The number of carbonyl (C=O) groups excluding carboxylic acids is 2. The maximum absolute atomic E-state index is 13.4. The lowest BCUT2D eigenvalue weighted by molar-refractivity contribution is 0.0857.